The standard InChI is InChI=1S/C18H15ClN4O2/c1-25-14-8-6-12(7-9-14)16-10-17(22-21-16)18(24)23-20-11-13-4-2-3-5-15(13)19/h2-11H,1H3,(H,21,22)(H,23,24)/b20-11-. The molecule has 0 spiro atoms. The number of aromatic nitrogens is 2. The van der Waals surface area contributed by atoms with Crippen LogP contribution in [-0.2, 0) is 0 Å². The predicted octanol–water partition coefficient (Wildman–Crippen LogP) is 3.50. The molecule has 0 unspecified atom stereocenters. The van der Waals surface area contributed by atoms with Crippen molar-refractivity contribution >= 4 is 23.7 Å². The summed E-state index contributed by atoms with van der Waals surface area (Å²) in [5.41, 5.74) is 4.99. The Balaban J connectivity index is 1.67. The van der Waals surface area contributed by atoms with E-state index in [0.29, 0.717) is 22.0 Å². The number of benzene rings is 2. The average molecular weight is 355 g/mol. The predicted molar refractivity (Wildman–Crippen MR) is 97.1 cm³/mol. The van der Waals surface area contributed by atoms with E-state index in [1.807, 2.05) is 36.4 Å². The fourth-order valence-corrected chi connectivity index (χ4v) is 2.33. The van der Waals surface area contributed by atoms with Crippen molar-refractivity contribution in [1.29, 1.82) is 0 Å². The van der Waals surface area contributed by atoms with Gasteiger partial charge in [0.15, 0.2) is 0 Å². The molecular formula is C18H15ClN4O2. The highest BCUT2D eigenvalue weighted by Crippen LogP contribution is 2.21. The molecule has 0 atom stereocenters. The van der Waals surface area contributed by atoms with Gasteiger partial charge >= 0.3 is 0 Å². The molecule has 0 aliphatic carbocycles. The largest absolute Gasteiger partial charge is 0.497 e. The molecule has 25 heavy (non-hydrogen) atoms. The maximum atomic E-state index is 12.1. The van der Waals surface area contributed by atoms with Gasteiger partial charge in [-0.2, -0.15) is 10.2 Å². The first-order valence-electron chi connectivity index (χ1n) is 7.45. The minimum absolute atomic E-state index is 0.308. The first-order chi connectivity index (χ1) is 12.2. The van der Waals surface area contributed by atoms with Crippen LogP contribution in [0.25, 0.3) is 11.3 Å². The number of nitrogens with zero attached hydrogens (tertiary/aromatic N) is 2. The van der Waals surface area contributed by atoms with Crippen LogP contribution in [0.2, 0.25) is 5.02 Å². The molecule has 7 heteroatoms. The van der Waals surface area contributed by atoms with E-state index in [9.17, 15) is 4.79 Å². The van der Waals surface area contributed by atoms with Gasteiger partial charge in [-0.15, -0.1) is 0 Å². The third-order valence-electron chi connectivity index (χ3n) is 3.48. The molecule has 6 nitrogen and oxygen atoms in total. The van der Waals surface area contributed by atoms with Crippen molar-refractivity contribution in [2.75, 3.05) is 7.11 Å². The maximum absolute atomic E-state index is 12.1. The number of ether oxygens (including phenoxy) is 1. The Labute approximate surface area is 149 Å². The van der Waals surface area contributed by atoms with Crippen molar-refractivity contribution in [2.45, 2.75) is 0 Å². The van der Waals surface area contributed by atoms with Crippen LogP contribution in [0, 0.1) is 0 Å². The molecule has 1 heterocycles. The van der Waals surface area contributed by atoms with Crippen LogP contribution in [0.3, 0.4) is 0 Å². The summed E-state index contributed by atoms with van der Waals surface area (Å²) in [6.45, 7) is 0. The Kier molecular flexibility index (Phi) is 5.11. The molecule has 0 bridgehead atoms. The molecule has 0 aliphatic rings. The molecule has 2 N–H and O–H groups in total. The second-order valence-electron chi connectivity index (χ2n) is 5.12. The van der Waals surface area contributed by atoms with Gasteiger partial charge in [-0.3, -0.25) is 9.89 Å². The molecule has 0 saturated carbocycles. The molecule has 0 fully saturated rings. The Hall–Kier alpha value is -3.12. The summed E-state index contributed by atoms with van der Waals surface area (Å²) < 4.78 is 5.12. The number of hydrogen-bond donors (Lipinski definition) is 2. The van der Waals surface area contributed by atoms with Gasteiger partial charge in [0.25, 0.3) is 5.91 Å². The van der Waals surface area contributed by atoms with Gasteiger partial charge in [0.1, 0.15) is 11.4 Å². The number of rotatable bonds is 5. The number of hydrogen-bond acceptors (Lipinski definition) is 4. The minimum Gasteiger partial charge on any atom is -0.497 e. The molecule has 2 aromatic carbocycles. The molecule has 1 aromatic heterocycles. The van der Waals surface area contributed by atoms with Crippen LogP contribution in [0.4, 0.5) is 0 Å². The molecule has 0 saturated heterocycles. The van der Waals surface area contributed by atoms with E-state index < -0.39 is 5.91 Å². The number of amides is 1. The minimum atomic E-state index is -0.393. The number of carbonyl (C=O) groups excluding carboxylic acids is 1. The lowest BCUT2D eigenvalue weighted by Crippen LogP contribution is -2.18. The third-order valence-corrected chi connectivity index (χ3v) is 3.83. The number of nitrogens with one attached hydrogen (secondary N) is 2. The highest BCUT2D eigenvalue weighted by Gasteiger charge is 2.10. The quantitative estimate of drug-likeness (QED) is 0.543. The number of methoxy groups -OCH3 is 1. The number of aromatic amines is 1. The molecule has 3 aromatic rings. The summed E-state index contributed by atoms with van der Waals surface area (Å²) in [4.78, 5) is 12.1. The van der Waals surface area contributed by atoms with Gasteiger partial charge in [-0.25, -0.2) is 5.43 Å². The van der Waals surface area contributed by atoms with Crippen LogP contribution >= 0.6 is 11.6 Å². The van der Waals surface area contributed by atoms with Gasteiger partial charge in [-0.05, 0) is 36.4 Å². The monoisotopic (exact) mass is 354 g/mol. The fraction of sp³-hybridized carbons (Fsp3) is 0.0556. The third kappa shape index (κ3) is 4.05. The fourth-order valence-electron chi connectivity index (χ4n) is 2.15. The zero-order valence-electron chi connectivity index (χ0n) is 13.4. The van der Waals surface area contributed by atoms with Crippen molar-refractivity contribution in [3.05, 3.63) is 70.9 Å². The van der Waals surface area contributed by atoms with E-state index >= 15 is 0 Å². The van der Waals surface area contributed by atoms with Crippen LogP contribution in [0.1, 0.15) is 16.1 Å². The highest BCUT2D eigenvalue weighted by molar-refractivity contribution is 6.33. The van der Waals surface area contributed by atoms with Crippen molar-refractivity contribution in [3.63, 3.8) is 0 Å². The molecule has 0 radical (unpaired) electrons. The van der Waals surface area contributed by atoms with Gasteiger partial charge in [-0.1, -0.05) is 29.8 Å². The van der Waals surface area contributed by atoms with Crippen molar-refractivity contribution in [3.8, 4) is 17.0 Å². The lowest BCUT2D eigenvalue weighted by molar-refractivity contribution is 0.0950. The summed E-state index contributed by atoms with van der Waals surface area (Å²) in [6.07, 6.45) is 1.49. The second-order valence-corrected chi connectivity index (χ2v) is 5.52. The Morgan fingerprint density at radius 2 is 2.00 bits per heavy atom. The normalized spacial score (nSPS) is 10.8. The first kappa shape index (κ1) is 16.7. The van der Waals surface area contributed by atoms with Gasteiger partial charge < -0.3 is 4.74 Å². The van der Waals surface area contributed by atoms with E-state index in [1.54, 1.807) is 25.3 Å². The highest BCUT2D eigenvalue weighted by atomic mass is 35.5. The summed E-state index contributed by atoms with van der Waals surface area (Å²) in [6, 6.07) is 16.3. The number of H-pyrrole nitrogens is 1. The molecule has 126 valence electrons. The van der Waals surface area contributed by atoms with Gasteiger partial charge in [0.2, 0.25) is 0 Å². The van der Waals surface area contributed by atoms with Crippen LogP contribution in [0.15, 0.2) is 59.7 Å². The summed E-state index contributed by atoms with van der Waals surface area (Å²) in [5.74, 6) is 0.363. The van der Waals surface area contributed by atoms with Crippen LogP contribution in [0.5, 0.6) is 5.75 Å². The van der Waals surface area contributed by atoms with E-state index in [4.69, 9.17) is 16.3 Å². The molecule has 3 rings (SSSR count). The first-order valence-corrected chi connectivity index (χ1v) is 7.83. The second kappa shape index (κ2) is 7.63. The smallest absolute Gasteiger partial charge is 0.289 e. The Morgan fingerprint density at radius 3 is 2.72 bits per heavy atom. The lowest BCUT2D eigenvalue weighted by Gasteiger charge is -2.00. The van der Waals surface area contributed by atoms with Crippen LogP contribution < -0.4 is 10.2 Å². The zero-order chi connectivity index (χ0) is 17.6. The van der Waals surface area contributed by atoms with Crippen molar-refractivity contribution in [2.24, 2.45) is 5.10 Å². The number of hydrazone groups is 1. The van der Waals surface area contributed by atoms with E-state index in [-0.39, 0.29) is 0 Å². The number of carbonyl (C=O) groups is 1. The average Bonchev–Trinajstić information content (AvgIpc) is 3.13. The topological polar surface area (TPSA) is 79.4 Å². The lowest BCUT2D eigenvalue weighted by atomic mass is 10.1. The Morgan fingerprint density at radius 1 is 1.24 bits per heavy atom. The van der Waals surface area contributed by atoms with E-state index in [0.717, 1.165) is 11.3 Å². The zero-order valence-corrected chi connectivity index (χ0v) is 14.1. The maximum Gasteiger partial charge on any atom is 0.289 e. The van der Waals surface area contributed by atoms with Crippen molar-refractivity contribution < 1.29 is 9.53 Å². The van der Waals surface area contributed by atoms with Crippen LogP contribution in [-0.4, -0.2) is 29.4 Å². The van der Waals surface area contributed by atoms with Crippen molar-refractivity contribution in [1.82, 2.24) is 15.6 Å². The molecule has 1 amide bonds. The van der Waals surface area contributed by atoms with Gasteiger partial charge in [0, 0.05) is 16.1 Å². The summed E-state index contributed by atoms with van der Waals surface area (Å²) >= 11 is 6.02. The summed E-state index contributed by atoms with van der Waals surface area (Å²) in [7, 11) is 1.61. The van der Waals surface area contributed by atoms with E-state index in [2.05, 4.69) is 20.7 Å². The molecule has 0 aliphatic heterocycles. The number of halogens is 1. The van der Waals surface area contributed by atoms with E-state index in [1.165, 1.54) is 6.21 Å². The molecular weight excluding hydrogens is 340 g/mol. The summed E-state index contributed by atoms with van der Waals surface area (Å²) in [5, 5.41) is 11.3. The van der Waals surface area contributed by atoms with Gasteiger partial charge in [0.05, 0.1) is 19.0 Å². The Bertz CT molecular complexity index is 903. The SMILES string of the molecule is COc1ccc(-c2cc(C(=O)N/N=C\c3ccccc3Cl)[nH]n2)cc1.